The molecule has 2 aliphatic rings. The van der Waals surface area contributed by atoms with Gasteiger partial charge in [0.05, 0.1) is 12.2 Å². The third-order valence-electron chi connectivity index (χ3n) is 3.26. The first-order valence-electron chi connectivity index (χ1n) is 6.43. The number of amides is 2. The molecule has 20 heavy (non-hydrogen) atoms. The smallest absolute Gasteiger partial charge is 0.247 e. The Morgan fingerprint density at radius 2 is 2.15 bits per heavy atom. The number of aliphatic imine (C=N–C) groups is 1. The van der Waals surface area contributed by atoms with Gasteiger partial charge in [0.15, 0.2) is 0 Å². The van der Waals surface area contributed by atoms with Crippen molar-refractivity contribution in [1.82, 2.24) is 0 Å². The quantitative estimate of drug-likeness (QED) is 0.788. The van der Waals surface area contributed by atoms with Gasteiger partial charge in [0.1, 0.15) is 9.63 Å². The molecule has 0 aliphatic carbocycles. The van der Waals surface area contributed by atoms with E-state index in [4.69, 9.17) is 0 Å². The number of carbonyl (C=O) groups is 2. The minimum absolute atomic E-state index is 0.120. The number of hydrogen-bond donors (Lipinski definition) is 0. The van der Waals surface area contributed by atoms with Crippen molar-refractivity contribution in [3.8, 4) is 0 Å². The molecular weight excluding hydrogens is 292 g/mol. The van der Waals surface area contributed by atoms with E-state index in [1.807, 2.05) is 31.2 Å². The average Bonchev–Trinajstić information content (AvgIpc) is 3.01. The van der Waals surface area contributed by atoms with Crippen molar-refractivity contribution in [3.05, 3.63) is 29.8 Å². The molecule has 0 saturated carbocycles. The first-order valence-corrected chi connectivity index (χ1v) is 8.29. The summed E-state index contributed by atoms with van der Waals surface area (Å²) >= 11 is 3.10. The van der Waals surface area contributed by atoms with E-state index in [-0.39, 0.29) is 23.5 Å². The van der Waals surface area contributed by atoms with Gasteiger partial charge < -0.3 is 0 Å². The molecule has 6 heteroatoms. The van der Waals surface area contributed by atoms with Gasteiger partial charge in [0, 0.05) is 12.2 Å². The van der Waals surface area contributed by atoms with Crippen molar-refractivity contribution < 1.29 is 9.59 Å². The number of thioether (sulfide) groups is 2. The first kappa shape index (κ1) is 13.7. The van der Waals surface area contributed by atoms with Crippen molar-refractivity contribution in [2.45, 2.75) is 18.6 Å². The van der Waals surface area contributed by atoms with Crippen LogP contribution in [0.25, 0.3) is 0 Å². The molecule has 1 fully saturated rings. The Morgan fingerprint density at radius 3 is 2.85 bits per heavy atom. The highest BCUT2D eigenvalue weighted by Crippen LogP contribution is 2.35. The number of hydrogen-bond acceptors (Lipinski definition) is 5. The van der Waals surface area contributed by atoms with Crippen LogP contribution in [0, 0.1) is 6.92 Å². The molecule has 0 aromatic heterocycles. The fraction of sp³-hybridized carbons (Fsp3) is 0.357. The molecule has 0 N–H and O–H groups in total. The number of carbonyl (C=O) groups excluding carboxylic acids is 2. The summed E-state index contributed by atoms with van der Waals surface area (Å²) < 4.78 is 0.933. The molecule has 2 aliphatic heterocycles. The van der Waals surface area contributed by atoms with E-state index < -0.39 is 0 Å². The molecule has 1 atom stereocenters. The van der Waals surface area contributed by atoms with Crippen molar-refractivity contribution in [1.29, 1.82) is 0 Å². The summed E-state index contributed by atoms with van der Waals surface area (Å²) in [6.45, 7) is 2.72. The first-order chi connectivity index (χ1) is 9.66. The lowest BCUT2D eigenvalue weighted by atomic mass is 10.2. The SMILES string of the molecule is Cc1ccccc1N1C(=O)CC(SC2=NCCS2)C1=O. The lowest BCUT2D eigenvalue weighted by Crippen LogP contribution is -2.31. The number of rotatable bonds is 2. The second-order valence-corrected chi connectivity index (χ2v) is 7.19. The predicted octanol–water partition coefficient (Wildman–Crippen LogP) is 2.46. The molecule has 1 saturated heterocycles. The largest absolute Gasteiger partial charge is 0.274 e. The summed E-state index contributed by atoms with van der Waals surface area (Å²) in [5.41, 5.74) is 1.64. The molecule has 3 rings (SSSR count). The number of benzene rings is 1. The highest BCUT2D eigenvalue weighted by Gasteiger charge is 2.41. The Hall–Kier alpha value is -1.27. The van der Waals surface area contributed by atoms with Crippen LogP contribution in [-0.2, 0) is 9.59 Å². The number of imide groups is 1. The zero-order valence-electron chi connectivity index (χ0n) is 11.0. The topological polar surface area (TPSA) is 49.7 Å². The van der Waals surface area contributed by atoms with Crippen LogP contribution in [0.4, 0.5) is 5.69 Å². The molecule has 1 aromatic rings. The number of para-hydroxylation sites is 1. The summed E-state index contributed by atoms with van der Waals surface area (Å²) in [5.74, 6) is 0.730. The normalized spacial score (nSPS) is 22.6. The maximum atomic E-state index is 12.5. The van der Waals surface area contributed by atoms with Gasteiger partial charge in [-0.2, -0.15) is 0 Å². The standard InChI is InChI=1S/C14H14N2O2S2/c1-9-4-2-3-5-10(9)16-12(17)8-11(13(16)18)20-14-15-6-7-19-14/h2-5,11H,6-8H2,1H3. The molecule has 1 aromatic carbocycles. The molecule has 2 heterocycles. The third-order valence-corrected chi connectivity index (χ3v) is 5.65. The predicted molar refractivity (Wildman–Crippen MR) is 84.4 cm³/mol. The van der Waals surface area contributed by atoms with Crippen molar-refractivity contribution in [2.24, 2.45) is 4.99 Å². The molecule has 0 radical (unpaired) electrons. The van der Waals surface area contributed by atoms with E-state index >= 15 is 0 Å². The van der Waals surface area contributed by atoms with Gasteiger partial charge in [0.25, 0.3) is 0 Å². The third kappa shape index (κ3) is 2.50. The van der Waals surface area contributed by atoms with E-state index in [0.717, 1.165) is 22.2 Å². The van der Waals surface area contributed by atoms with Crippen LogP contribution in [-0.4, -0.2) is 33.7 Å². The maximum Gasteiger partial charge on any atom is 0.247 e. The highest BCUT2D eigenvalue weighted by molar-refractivity contribution is 8.39. The van der Waals surface area contributed by atoms with Crippen LogP contribution in [0.1, 0.15) is 12.0 Å². The Balaban J connectivity index is 1.82. The summed E-state index contributed by atoms with van der Waals surface area (Å²) in [6, 6.07) is 7.48. The number of anilines is 1. The van der Waals surface area contributed by atoms with Crippen LogP contribution in [0.2, 0.25) is 0 Å². The fourth-order valence-corrected chi connectivity index (χ4v) is 4.52. The van der Waals surface area contributed by atoms with Gasteiger partial charge in [-0.05, 0) is 18.6 Å². The van der Waals surface area contributed by atoms with Crippen LogP contribution in [0.3, 0.4) is 0 Å². The molecule has 0 bridgehead atoms. The average molecular weight is 306 g/mol. The van der Waals surface area contributed by atoms with Gasteiger partial charge in [-0.15, -0.1) is 0 Å². The lowest BCUT2D eigenvalue weighted by molar-refractivity contribution is -0.121. The summed E-state index contributed by atoms with van der Waals surface area (Å²) in [5, 5.41) is -0.327. The van der Waals surface area contributed by atoms with Gasteiger partial charge in [-0.3, -0.25) is 14.6 Å². The van der Waals surface area contributed by atoms with Gasteiger partial charge in [-0.1, -0.05) is 41.7 Å². The minimum Gasteiger partial charge on any atom is -0.274 e. The van der Waals surface area contributed by atoms with E-state index in [1.165, 1.54) is 16.7 Å². The van der Waals surface area contributed by atoms with Crippen molar-refractivity contribution in [3.63, 3.8) is 0 Å². The van der Waals surface area contributed by atoms with E-state index in [2.05, 4.69) is 4.99 Å². The van der Waals surface area contributed by atoms with E-state index in [1.54, 1.807) is 11.8 Å². The monoisotopic (exact) mass is 306 g/mol. The second-order valence-electron chi connectivity index (χ2n) is 4.66. The lowest BCUT2D eigenvalue weighted by Gasteiger charge is -2.17. The van der Waals surface area contributed by atoms with Gasteiger partial charge >= 0.3 is 0 Å². The Kier molecular flexibility index (Phi) is 3.85. The van der Waals surface area contributed by atoms with Gasteiger partial charge in [-0.25, -0.2) is 4.90 Å². The molecule has 1 unspecified atom stereocenters. The van der Waals surface area contributed by atoms with E-state index in [0.29, 0.717) is 5.69 Å². The van der Waals surface area contributed by atoms with Crippen molar-refractivity contribution in [2.75, 3.05) is 17.2 Å². The number of nitrogens with zero attached hydrogens (tertiary/aromatic N) is 2. The molecule has 104 valence electrons. The summed E-state index contributed by atoms with van der Waals surface area (Å²) in [4.78, 5) is 30.3. The molecular formula is C14H14N2O2S2. The molecule has 4 nitrogen and oxygen atoms in total. The van der Waals surface area contributed by atoms with Crippen LogP contribution in [0.15, 0.2) is 29.3 Å². The van der Waals surface area contributed by atoms with E-state index in [9.17, 15) is 9.59 Å². The zero-order valence-corrected chi connectivity index (χ0v) is 12.7. The Morgan fingerprint density at radius 1 is 1.35 bits per heavy atom. The zero-order chi connectivity index (χ0) is 14.1. The molecule has 2 amide bonds. The Labute approximate surface area is 126 Å². The number of aryl methyl sites for hydroxylation is 1. The van der Waals surface area contributed by atoms with Crippen molar-refractivity contribution >= 4 is 45.4 Å². The van der Waals surface area contributed by atoms with Gasteiger partial charge in [0.2, 0.25) is 11.8 Å². The minimum atomic E-state index is -0.327. The fourth-order valence-electron chi connectivity index (χ4n) is 2.27. The highest BCUT2D eigenvalue weighted by atomic mass is 32.2. The van der Waals surface area contributed by atoms with Crippen LogP contribution < -0.4 is 4.90 Å². The van der Waals surface area contributed by atoms with Crippen LogP contribution >= 0.6 is 23.5 Å². The van der Waals surface area contributed by atoms with Crippen LogP contribution in [0.5, 0.6) is 0 Å². The maximum absolute atomic E-state index is 12.5. The summed E-state index contributed by atoms with van der Waals surface area (Å²) in [6.07, 6.45) is 0.261. The second kappa shape index (κ2) is 5.61. The summed E-state index contributed by atoms with van der Waals surface area (Å²) in [7, 11) is 0. The Bertz CT molecular complexity index is 601. The molecule has 0 spiro atoms.